The first-order valence-corrected chi connectivity index (χ1v) is 13.8. The van der Waals surface area contributed by atoms with Crippen LogP contribution in [0.25, 0.3) is 0 Å². The minimum atomic E-state index is -1.03. The van der Waals surface area contributed by atoms with Gasteiger partial charge in [-0.1, -0.05) is 39.8 Å². The van der Waals surface area contributed by atoms with Gasteiger partial charge in [-0.3, -0.25) is 14.4 Å². The predicted molar refractivity (Wildman–Crippen MR) is 159 cm³/mol. The molecule has 1 amide bonds. The van der Waals surface area contributed by atoms with E-state index in [1.807, 2.05) is 67.9 Å². The Morgan fingerprint density at radius 2 is 1.45 bits per heavy atom. The van der Waals surface area contributed by atoms with Gasteiger partial charge < -0.3 is 30.4 Å². The quantitative estimate of drug-likeness (QED) is 0.324. The van der Waals surface area contributed by atoms with Crippen molar-refractivity contribution in [3.63, 3.8) is 0 Å². The van der Waals surface area contributed by atoms with Crippen molar-refractivity contribution in [3.05, 3.63) is 82.6 Å². The fourth-order valence-electron chi connectivity index (χ4n) is 6.12. The van der Waals surface area contributed by atoms with Crippen molar-refractivity contribution in [2.24, 2.45) is 0 Å². The number of carboxylic acid groups (broad SMARTS) is 3. The number of anilines is 2. The summed E-state index contributed by atoms with van der Waals surface area (Å²) in [5, 5.41) is 31.0. The lowest BCUT2D eigenvalue weighted by Crippen LogP contribution is -2.41. The van der Waals surface area contributed by atoms with Gasteiger partial charge in [0.2, 0.25) is 0 Å². The zero-order chi connectivity index (χ0) is 31.0. The first-order chi connectivity index (χ1) is 19.7. The van der Waals surface area contributed by atoms with Crippen molar-refractivity contribution >= 4 is 35.2 Å². The van der Waals surface area contributed by atoms with E-state index in [-0.39, 0.29) is 43.4 Å². The predicted octanol–water partition coefficient (Wildman–Crippen LogP) is 4.40. The van der Waals surface area contributed by atoms with Crippen LogP contribution in [0.1, 0.15) is 72.4 Å². The summed E-state index contributed by atoms with van der Waals surface area (Å²) in [6.07, 6.45) is 5.67. The molecule has 4 N–H and O–H groups in total. The van der Waals surface area contributed by atoms with E-state index in [9.17, 15) is 34.5 Å². The summed E-state index contributed by atoms with van der Waals surface area (Å²) >= 11 is 0. The fraction of sp³-hybridized carbons (Fsp3) is 0.375. The van der Waals surface area contributed by atoms with Gasteiger partial charge >= 0.3 is 17.9 Å². The van der Waals surface area contributed by atoms with E-state index in [2.05, 4.69) is 5.32 Å². The summed E-state index contributed by atoms with van der Waals surface area (Å²) in [6, 6.07) is 10.1. The molecule has 42 heavy (non-hydrogen) atoms. The molecule has 10 nitrogen and oxygen atoms in total. The second-order valence-electron chi connectivity index (χ2n) is 11.7. The monoisotopic (exact) mass is 575 g/mol. The molecule has 0 aromatic heterocycles. The lowest BCUT2D eigenvalue weighted by molar-refractivity contribution is -0.137. The normalized spacial score (nSPS) is 19.2. The van der Waals surface area contributed by atoms with Crippen LogP contribution in [0.15, 0.2) is 60.3 Å². The molecule has 0 fully saturated rings. The Balaban J connectivity index is 1.76. The molecule has 0 aliphatic carbocycles. The summed E-state index contributed by atoms with van der Waals surface area (Å²) in [7, 11) is 1.57. The summed E-state index contributed by atoms with van der Waals surface area (Å²) < 4.78 is 0. The first-order valence-electron chi connectivity index (χ1n) is 13.8. The van der Waals surface area contributed by atoms with Crippen LogP contribution in [-0.4, -0.2) is 65.3 Å². The Labute approximate surface area is 244 Å². The maximum Gasteiger partial charge on any atom is 0.335 e. The number of rotatable bonds is 10. The van der Waals surface area contributed by atoms with Crippen molar-refractivity contribution in [2.75, 3.05) is 29.9 Å². The van der Waals surface area contributed by atoms with E-state index in [4.69, 9.17) is 0 Å². The molecule has 0 spiro atoms. The molecule has 2 heterocycles. The summed E-state index contributed by atoms with van der Waals surface area (Å²) in [5.41, 5.74) is 3.84. The number of aromatic carboxylic acids is 1. The van der Waals surface area contributed by atoms with Crippen LogP contribution in [0.4, 0.5) is 11.4 Å². The van der Waals surface area contributed by atoms with E-state index in [0.29, 0.717) is 5.56 Å². The van der Waals surface area contributed by atoms with Crippen LogP contribution in [0, 0.1) is 0 Å². The number of allylic oxidation sites excluding steroid dienone is 3. The number of amides is 1. The van der Waals surface area contributed by atoms with E-state index in [1.165, 1.54) is 6.07 Å². The molecule has 2 aromatic carbocycles. The highest BCUT2D eigenvalue weighted by Gasteiger charge is 2.44. The van der Waals surface area contributed by atoms with E-state index < -0.39 is 28.7 Å². The third-order valence-corrected chi connectivity index (χ3v) is 8.37. The Kier molecular flexibility index (Phi) is 8.20. The largest absolute Gasteiger partial charge is 0.481 e. The van der Waals surface area contributed by atoms with Gasteiger partial charge in [0.1, 0.15) is 0 Å². The Hall–Kier alpha value is -4.60. The molecule has 2 aliphatic rings. The molecular formula is C32H37N3O7. The van der Waals surface area contributed by atoms with Crippen LogP contribution >= 0.6 is 0 Å². The number of fused-ring (bicyclic) bond motifs is 2. The second kappa shape index (κ2) is 11.3. The third kappa shape index (κ3) is 5.48. The average molecular weight is 576 g/mol. The highest BCUT2D eigenvalue weighted by Crippen LogP contribution is 2.49. The van der Waals surface area contributed by atoms with E-state index in [1.54, 1.807) is 25.2 Å². The summed E-state index contributed by atoms with van der Waals surface area (Å²) in [4.78, 5) is 51.0. The number of carbonyl (C=O) groups excluding carboxylic acids is 1. The summed E-state index contributed by atoms with van der Waals surface area (Å²) in [5.74, 6) is -3.08. The van der Waals surface area contributed by atoms with Crippen molar-refractivity contribution in [1.29, 1.82) is 0 Å². The Morgan fingerprint density at radius 3 is 2.07 bits per heavy atom. The zero-order valence-electron chi connectivity index (χ0n) is 24.5. The van der Waals surface area contributed by atoms with Gasteiger partial charge in [-0.15, -0.1) is 0 Å². The Bertz CT molecular complexity index is 1510. The fourth-order valence-corrected chi connectivity index (χ4v) is 6.12. The van der Waals surface area contributed by atoms with Crippen molar-refractivity contribution in [3.8, 4) is 0 Å². The molecule has 2 aliphatic heterocycles. The number of benzene rings is 2. The molecule has 0 saturated heterocycles. The molecule has 1 unspecified atom stereocenters. The number of hydrogen-bond donors (Lipinski definition) is 4. The molecule has 0 saturated carbocycles. The molecule has 0 radical (unpaired) electrons. The number of carboxylic acids is 3. The molecule has 222 valence electrons. The van der Waals surface area contributed by atoms with Crippen LogP contribution in [0.3, 0.4) is 0 Å². The van der Waals surface area contributed by atoms with Crippen molar-refractivity contribution < 1.29 is 34.5 Å². The second-order valence-corrected chi connectivity index (χ2v) is 11.7. The maximum atomic E-state index is 12.4. The van der Waals surface area contributed by atoms with Crippen LogP contribution in [0.2, 0.25) is 0 Å². The smallest absolute Gasteiger partial charge is 0.335 e. The molecular weight excluding hydrogens is 538 g/mol. The summed E-state index contributed by atoms with van der Waals surface area (Å²) in [6.45, 7) is 8.57. The average Bonchev–Trinajstić information content (AvgIpc) is 3.27. The van der Waals surface area contributed by atoms with Gasteiger partial charge in [0, 0.05) is 53.6 Å². The lowest BCUT2D eigenvalue weighted by atomic mass is 9.79. The van der Waals surface area contributed by atoms with Gasteiger partial charge in [-0.2, -0.15) is 0 Å². The van der Waals surface area contributed by atoms with E-state index in [0.717, 1.165) is 28.2 Å². The molecule has 1 atom stereocenters. The first kappa shape index (κ1) is 30.4. The zero-order valence-corrected chi connectivity index (χ0v) is 24.5. The topological polar surface area (TPSA) is 147 Å². The maximum absolute atomic E-state index is 12.4. The van der Waals surface area contributed by atoms with Crippen LogP contribution in [-0.2, 0) is 20.4 Å². The van der Waals surface area contributed by atoms with Crippen molar-refractivity contribution in [2.45, 2.75) is 57.4 Å². The third-order valence-electron chi connectivity index (χ3n) is 8.37. The standard InChI is InChI=1S/C32H37N3O7/c1-31(2)21-17-19(29(40)33-5)9-11-23(21)34(15-13-27(36)37)25(31)7-6-8-26-32(3,4)22-18-20(30(41)42)10-12-24(22)35(26)16-14-28(38)39/h6-12,17-18,26H,13-16H2,1-5H3,(H,33,40)(H,36,37)(H,38,39)(H,41,42). The minimum Gasteiger partial charge on any atom is -0.481 e. The van der Waals surface area contributed by atoms with Crippen LogP contribution in [0.5, 0.6) is 0 Å². The van der Waals surface area contributed by atoms with Gasteiger partial charge in [0.05, 0.1) is 24.4 Å². The SMILES string of the molecule is CNC(=O)c1ccc2c(c1)C(C)(C)C(=CC=CC1N(CCC(=O)O)c3ccc(C(=O)O)cc3C1(C)C)N2CCC(=O)O. The Morgan fingerprint density at radius 1 is 0.857 bits per heavy atom. The van der Waals surface area contributed by atoms with E-state index >= 15 is 0 Å². The highest BCUT2D eigenvalue weighted by molar-refractivity contribution is 5.95. The molecule has 2 aromatic rings. The number of nitrogens with zero attached hydrogens (tertiary/aromatic N) is 2. The number of carbonyl (C=O) groups is 4. The van der Waals surface area contributed by atoms with Gasteiger partial charge in [0.25, 0.3) is 5.91 Å². The van der Waals surface area contributed by atoms with Crippen LogP contribution < -0.4 is 15.1 Å². The molecule has 10 heteroatoms. The van der Waals surface area contributed by atoms with Gasteiger partial charge in [0.15, 0.2) is 0 Å². The number of hydrogen-bond acceptors (Lipinski definition) is 6. The highest BCUT2D eigenvalue weighted by atomic mass is 16.4. The molecule has 4 rings (SSSR count). The molecule has 0 bridgehead atoms. The van der Waals surface area contributed by atoms with Gasteiger partial charge in [-0.05, 0) is 53.6 Å². The lowest BCUT2D eigenvalue weighted by Gasteiger charge is -2.32. The van der Waals surface area contributed by atoms with Crippen molar-refractivity contribution in [1.82, 2.24) is 5.32 Å². The van der Waals surface area contributed by atoms with Gasteiger partial charge in [-0.25, -0.2) is 4.79 Å². The number of aliphatic carboxylic acids is 2. The minimum absolute atomic E-state index is 0.0758. The number of nitrogens with one attached hydrogen (secondary N) is 1.